The highest BCUT2D eigenvalue weighted by molar-refractivity contribution is 8.93. The second-order valence-electron chi connectivity index (χ2n) is 6.85. The largest absolute Gasteiger partial charge is 0.368 e. The summed E-state index contributed by atoms with van der Waals surface area (Å²) < 4.78 is 13.1. The van der Waals surface area contributed by atoms with Gasteiger partial charge in [0.1, 0.15) is 5.82 Å². The Morgan fingerprint density at radius 3 is 2.48 bits per heavy atom. The van der Waals surface area contributed by atoms with Gasteiger partial charge in [-0.2, -0.15) is 10.1 Å². The van der Waals surface area contributed by atoms with Gasteiger partial charge in [0.05, 0.1) is 6.61 Å². The third kappa shape index (κ3) is 4.70. The number of hydroxylamine groups is 2. The summed E-state index contributed by atoms with van der Waals surface area (Å²) in [6.07, 6.45) is 3.25. The van der Waals surface area contributed by atoms with Crippen LogP contribution in [-0.2, 0) is 4.84 Å². The Morgan fingerprint density at radius 1 is 1.28 bits per heavy atom. The van der Waals surface area contributed by atoms with E-state index >= 15 is 0 Å². The zero-order valence-corrected chi connectivity index (χ0v) is 16.2. The van der Waals surface area contributed by atoms with Crippen LogP contribution in [0.2, 0.25) is 0 Å². The van der Waals surface area contributed by atoms with E-state index in [1.807, 2.05) is 26.0 Å². The molecule has 8 heteroatoms. The zero-order chi connectivity index (χ0) is 17.3. The number of aliphatic imine (C=N–C) groups is 2. The molecule has 25 heavy (non-hydrogen) atoms. The second-order valence-corrected chi connectivity index (χ2v) is 6.85. The lowest BCUT2D eigenvalue weighted by atomic mass is 9.91. The Hall–Kier alpha value is -1.67. The highest BCUT2D eigenvalue weighted by Gasteiger charge is 2.35. The lowest BCUT2D eigenvalue weighted by Gasteiger charge is -2.37. The number of hydrogen-bond acceptors (Lipinski definition) is 6. The van der Waals surface area contributed by atoms with Crippen molar-refractivity contribution >= 4 is 28.9 Å². The fraction of sp³-hybridized carbons (Fsp3) is 0.529. The minimum absolute atomic E-state index is 0. The first kappa shape index (κ1) is 19.7. The van der Waals surface area contributed by atoms with Gasteiger partial charge in [0.2, 0.25) is 11.9 Å². The molecule has 1 aromatic rings. The van der Waals surface area contributed by atoms with Crippen molar-refractivity contribution in [3.63, 3.8) is 0 Å². The molecule has 1 saturated carbocycles. The van der Waals surface area contributed by atoms with Crippen molar-refractivity contribution in [3.05, 3.63) is 35.6 Å². The van der Waals surface area contributed by atoms with E-state index < -0.39 is 5.66 Å². The maximum absolute atomic E-state index is 13.1. The van der Waals surface area contributed by atoms with Crippen molar-refractivity contribution in [2.75, 3.05) is 6.61 Å². The van der Waals surface area contributed by atoms with Gasteiger partial charge in [-0.15, -0.1) is 17.0 Å². The molecule has 1 heterocycles. The van der Waals surface area contributed by atoms with Crippen molar-refractivity contribution in [2.24, 2.45) is 27.4 Å². The molecular formula is C17H25BrFN5O. The molecule has 1 fully saturated rings. The summed E-state index contributed by atoms with van der Waals surface area (Å²) in [5.74, 6) is 1.16. The van der Waals surface area contributed by atoms with E-state index in [2.05, 4.69) is 9.98 Å². The molecule has 1 aliphatic carbocycles. The average molecular weight is 414 g/mol. The highest BCUT2D eigenvalue weighted by Crippen LogP contribution is 2.44. The van der Waals surface area contributed by atoms with Crippen molar-refractivity contribution in [1.29, 1.82) is 0 Å². The Balaban J connectivity index is 0.00000225. The van der Waals surface area contributed by atoms with Crippen LogP contribution in [0.5, 0.6) is 0 Å². The second kappa shape index (κ2) is 7.70. The number of benzene rings is 1. The monoisotopic (exact) mass is 413 g/mol. The summed E-state index contributed by atoms with van der Waals surface area (Å²) in [7, 11) is 0. The molecule has 2 aliphatic rings. The predicted molar refractivity (Wildman–Crippen MR) is 102 cm³/mol. The fourth-order valence-corrected chi connectivity index (χ4v) is 3.17. The van der Waals surface area contributed by atoms with Gasteiger partial charge in [-0.3, -0.25) is 4.84 Å². The minimum atomic E-state index is -0.694. The molecular weight excluding hydrogens is 389 g/mol. The molecule has 4 N–H and O–H groups in total. The van der Waals surface area contributed by atoms with Gasteiger partial charge in [-0.25, -0.2) is 9.38 Å². The summed E-state index contributed by atoms with van der Waals surface area (Å²) in [5, 5.41) is 1.50. The molecule has 1 atom stereocenters. The van der Waals surface area contributed by atoms with Crippen molar-refractivity contribution in [1.82, 2.24) is 5.06 Å². The molecule has 0 bridgehead atoms. The smallest absolute Gasteiger partial charge is 0.226 e. The lowest BCUT2D eigenvalue weighted by Crippen LogP contribution is -2.53. The summed E-state index contributed by atoms with van der Waals surface area (Å²) in [4.78, 5) is 14.1. The van der Waals surface area contributed by atoms with Crippen LogP contribution in [0.25, 0.3) is 0 Å². The molecule has 0 amide bonds. The van der Waals surface area contributed by atoms with Crippen LogP contribution in [0.3, 0.4) is 0 Å². The lowest BCUT2D eigenvalue weighted by molar-refractivity contribution is -0.158. The molecule has 1 unspecified atom stereocenters. The number of nitrogens with zero attached hydrogens (tertiary/aromatic N) is 3. The maximum Gasteiger partial charge on any atom is 0.226 e. The molecule has 1 aromatic carbocycles. The molecule has 0 radical (unpaired) electrons. The Kier molecular flexibility index (Phi) is 6.05. The average Bonchev–Trinajstić information content (AvgIpc) is 3.31. The predicted octanol–water partition coefficient (Wildman–Crippen LogP) is 2.90. The number of guanidine groups is 2. The zero-order valence-electron chi connectivity index (χ0n) is 14.5. The number of hydrogen-bond donors (Lipinski definition) is 2. The minimum Gasteiger partial charge on any atom is -0.368 e. The van der Waals surface area contributed by atoms with E-state index in [0.29, 0.717) is 18.4 Å². The molecule has 0 aromatic heterocycles. The van der Waals surface area contributed by atoms with E-state index in [9.17, 15) is 4.39 Å². The van der Waals surface area contributed by atoms with Gasteiger partial charge < -0.3 is 11.5 Å². The van der Waals surface area contributed by atoms with Gasteiger partial charge in [0, 0.05) is 0 Å². The summed E-state index contributed by atoms with van der Waals surface area (Å²) in [6, 6.07) is 6.76. The Bertz CT molecular complexity index is 658. The standard InChI is InChI=1S/C17H24FN5O.BrH/c1-17(2)22-15(19)21-16(20)23(17)24-10-9-14(11-3-4-11)12-5-7-13(18)8-6-12;/h5-8,11,14H,3-4,9-10H2,1-2H3,(H4,19,20,21,22);1H. The first-order valence-electron chi connectivity index (χ1n) is 8.25. The first-order valence-corrected chi connectivity index (χ1v) is 8.25. The van der Waals surface area contributed by atoms with Crippen molar-refractivity contribution in [2.45, 2.75) is 44.7 Å². The number of rotatable bonds is 6. The van der Waals surface area contributed by atoms with Crippen LogP contribution < -0.4 is 11.5 Å². The van der Waals surface area contributed by atoms with Gasteiger partial charge in [-0.1, -0.05) is 12.1 Å². The van der Waals surface area contributed by atoms with Crippen LogP contribution in [0.4, 0.5) is 4.39 Å². The highest BCUT2D eigenvalue weighted by atomic mass is 79.9. The summed E-state index contributed by atoms with van der Waals surface area (Å²) in [6.45, 7) is 4.20. The van der Waals surface area contributed by atoms with E-state index in [1.165, 1.54) is 30.0 Å². The summed E-state index contributed by atoms with van der Waals surface area (Å²) in [5.41, 5.74) is 12.0. The van der Waals surface area contributed by atoms with Gasteiger partial charge in [0.15, 0.2) is 5.66 Å². The van der Waals surface area contributed by atoms with Crippen LogP contribution in [0.1, 0.15) is 44.6 Å². The van der Waals surface area contributed by atoms with E-state index in [1.54, 1.807) is 0 Å². The molecule has 3 rings (SSSR count). The normalized spacial score (nSPS) is 20.4. The molecule has 1 aliphatic heterocycles. The van der Waals surface area contributed by atoms with E-state index in [-0.39, 0.29) is 34.7 Å². The van der Waals surface area contributed by atoms with E-state index in [0.717, 1.165) is 12.0 Å². The van der Waals surface area contributed by atoms with Gasteiger partial charge >= 0.3 is 0 Å². The molecule has 138 valence electrons. The Morgan fingerprint density at radius 2 is 1.92 bits per heavy atom. The molecule has 0 spiro atoms. The summed E-state index contributed by atoms with van der Waals surface area (Å²) >= 11 is 0. The Labute approximate surface area is 157 Å². The van der Waals surface area contributed by atoms with Crippen LogP contribution in [0.15, 0.2) is 34.3 Å². The third-order valence-corrected chi connectivity index (χ3v) is 4.46. The fourth-order valence-electron chi connectivity index (χ4n) is 3.17. The molecule has 0 saturated heterocycles. The quantitative estimate of drug-likeness (QED) is 0.749. The topological polar surface area (TPSA) is 89.2 Å². The number of nitrogens with two attached hydrogens (primary N) is 2. The first-order chi connectivity index (χ1) is 11.4. The maximum atomic E-state index is 13.1. The van der Waals surface area contributed by atoms with Crippen molar-refractivity contribution < 1.29 is 9.23 Å². The number of halogens is 2. The molecule has 6 nitrogen and oxygen atoms in total. The SMILES string of the molecule is Br.CC1(C)N=C(N)N=C(N)N1OCCC(c1ccc(F)cc1)C1CC1. The van der Waals surface area contributed by atoms with Crippen molar-refractivity contribution in [3.8, 4) is 0 Å². The van der Waals surface area contributed by atoms with Crippen LogP contribution in [-0.4, -0.2) is 29.3 Å². The van der Waals surface area contributed by atoms with Gasteiger partial charge in [0.25, 0.3) is 0 Å². The van der Waals surface area contributed by atoms with Crippen LogP contribution in [0, 0.1) is 11.7 Å². The third-order valence-electron chi connectivity index (χ3n) is 4.46. The van der Waals surface area contributed by atoms with Crippen LogP contribution >= 0.6 is 17.0 Å². The van der Waals surface area contributed by atoms with Gasteiger partial charge in [-0.05, 0) is 62.6 Å². The van der Waals surface area contributed by atoms with E-state index in [4.69, 9.17) is 16.3 Å².